The van der Waals surface area contributed by atoms with E-state index in [2.05, 4.69) is 32.0 Å². The first kappa shape index (κ1) is 17.1. The van der Waals surface area contributed by atoms with Gasteiger partial charge in [-0.3, -0.25) is 4.79 Å². The number of hydrogen-bond acceptors (Lipinski definition) is 2. The van der Waals surface area contributed by atoms with Crippen molar-refractivity contribution in [1.29, 1.82) is 0 Å². The van der Waals surface area contributed by atoms with Crippen LogP contribution < -0.4 is 4.74 Å². The number of fused-ring (bicyclic) bond motifs is 5. The van der Waals surface area contributed by atoms with Crippen molar-refractivity contribution in [3.63, 3.8) is 0 Å². The first-order valence-corrected chi connectivity index (χ1v) is 10.4. The van der Waals surface area contributed by atoms with Crippen molar-refractivity contribution in [2.45, 2.75) is 77.6 Å². The SMILES string of the molecule is CCCCOc1ccc2c(c1)CCC1C2CCC2(C)C(=O)CCCC12. The summed E-state index contributed by atoms with van der Waals surface area (Å²) in [5.41, 5.74) is 3.03. The van der Waals surface area contributed by atoms with Gasteiger partial charge in [0.25, 0.3) is 0 Å². The minimum atomic E-state index is -0.0277. The highest BCUT2D eigenvalue weighted by molar-refractivity contribution is 5.85. The maximum absolute atomic E-state index is 12.6. The van der Waals surface area contributed by atoms with Crippen LogP contribution in [0.4, 0.5) is 0 Å². The van der Waals surface area contributed by atoms with Crippen molar-refractivity contribution in [3.8, 4) is 5.75 Å². The van der Waals surface area contributed by atoms with Crippen molar-refractivity contribution in [1.82, 2.24) is 0 Å². The molecule has 3 aliphatic rings. The molecule has 0 heterocycles. The van der Waals surface area contributed by atoms with Crippen molar-refractivity contribution >= 4 is 5.78 Å². The van der Waals surface area contributed by atoms with Crippen LogP contribution >= 0.6 is 0 Å². The summed E-state index contributed by atoms with van der Waals surface area (Å²) in [5.74, 6) is 3.58. The molecular formula is C23H32O2. The molecule has 1 aromatic carbocycles. The first-order valence-electron chi connectivity index (χ1n) is 10.4. The van der Waals surface area contributed by atoms with Gasteiger partial charge in [-0.15, -0.1) is 0 Å². The highest BCUT2D eigenvalue weighted by atomic mass is 16.5. The Morgan fingerprint density at radius 2 is 2.08 bits per heavy atom. The molecule has 136 valence electrons. The Kier molecular flexibility index (Phi) is 4.64. The second-order valence-electron chi connectivity index (χ2n) is 8.75. The molecule has 0 amide bonds. The fourth-order valence-corrected chi connectivity index (χ4v) is 5.95. The van der Waals surface area contributed by atoms with Crippen LogP contribution in [0.15, 0.2) is 18.2 Å². The van der Waals surface area contributed by atoms with Gasteiger partial charge >= 0.3 is 0 Å². The molecule has 0 spiro atoms. The van der Waals surface area contributed by atoms with Gasteiger partial charge in [-0.25, -0.2) is 0 Å². The Labute approximate surface area is 152 Å². The Balaban J connectivity index is 1.56. The highest BCUT2D eigenvalue weighted by Gasteiger charge is 2.52. The van der Waals surface area contributed by atoms with E-state index in [0.717, 1.165) is 44.5 Å². The van der Waals surface area contributed by atoms with Crippen LogP contribution in [0.25, 0.3) is 0 Å². The van der Waals surface area contributed by atoms with Crippen molar-refractivity contribution in [2.24, 2.45) is 17.3 Å². The molecule has 3 aliphatic carbocycles. The van der Waals surface area contributed by atoms with Crippen LogP contribution in [0.3, 0.4) is 0 Å². The summed E-state index contributed by atoms with van der Waals surface area (Å²) < 4.78 is 5.92. The van der Waals surface area contributed by atoms with E-state index in [0.29, 0.717) is 23.5 Å². The third-order valence-corrected chi connectivity index (χ3v) is 7.41. The van der Waals surface area contributed by atoms with Gasteiger partial charge in [-0.2, -0.15) is 0 Å². The van der Waals surface area contributed by atoms with Crippen LogP contribution in [0.5, 0.6) is 5.75 Å². The number of ketones is 1. The average Bonchev–Trinajstić information content (AvgIpc) is 2.62. The summed E-state index contributed by atoms with van der Waals surface area (Å²) in [6, 6.07) is 6.80. The molecule has 2 saturated carbocycles. The van der Waals surface area contributed by atoms with E-state index in [-0.39, 0.29) is 5.41 Å². The Morgan fingerprint density at radius 1 is 1.20 bits per heavy atom. The van der Waals surface area contributed by atoms with E-state index in [4.69, 9.17) is 4.74 Å². The van der Waals surface area contributed by atoms with Gasteiger partial charge in [0.2, 0.25) is 0 Å². The van der Waals surface area contributed by atoms with Crippen LogP contribution in [0, 0.1) is 17.3 Å². The number of rotatable bonds is 4. The lowest BCUT2D eigenvalue weighted by molar-refractivity contribution is -0.140. The third kappa shape index (κ3) is 2.92. The van der Waals surface area contributed by atoms with Crippen molar-refractivity contribution in [3.05, 3.63) is 29.3 Å². The smallest absolute Gasteiger partial charge is 0.139 e. The maximum atomic E-state index is 12.6. The second-order valence-corrected chi connectivity index (χ2v) is 8.75. The summed E-state index contributed by atoms with van der Waals surface area (Å²) in [7, 11) is 0. The van der Waals surface area contributed by atoms with E-state index >= 15 is 0 Å². The van der Waals surface area contributed by atoms with Gasteiger partial charge < -0.3 is 4.74 Å². The fraction of sp³-hybridized carbons (Fsp3) is 0.696. The van der Waals surface area contributed by atoms with Crippen LogP contribution in [-0.4, -0.2) is 12.4 Å². The van der Waals surface area contributed by atoms with Gasteiger partial charge in [0, 0.05) is 11.8 Å². The predicted molar refractivity (Wildman–Crippen MR) is 101 cm³/mol. The molecule has 0 aliphatic heterocycles. The minimum Gasteiger partial charge on any atom is -0.494 e. The Bertz CT molecular complexity index is 649. The molecule has 25 heavy (non-hydrogen) atoms. The Hall–Kier alpha value is -1.31. The zero-order valence-electron chi connectivity index (χ0n) is 15.9. The zero-order valence-corrected chi connectivity index (χ0v) is 15.9. The number of carbonyl (C=O) groups excluding carboxylic acids is 1. The molecule has 0 aromatic heterocycles. The molecule has 1 aromatic rings. The second kappa shape index (κ2) is 6.78. The number of hydrogen-bond donors (Lipinski definition) is 0. The maximum Gasteiger partial charge on any atom is 0.139 e. The average molecular weight is 341 g/mol. The monoisotopic (exact) mass is 340 g/mol. The highest BCUT2D eigenvalue weighted by Crippen LogP contribution is 2.58. The van der Waals surface area contributed by atoms with E-state index in [9.17, 15) is 4.79 Å². The van der Waals surface area contributed by atoms with Gasteiger partial charge in [0.15, 0.2) is 0 Å². The normalized spacial score (nSPS) is 34.0. The summed E-state index contributed by atoms with van der Waals surface area (Å²) in [6.45, 7) is 5.29. The Morgan fingerprint density at radius 3 is 2.92 bits per heavy atom. The number of unbranched alkanes of at least 4 members (excludes halogenated alkanes) is 1. The van der Waals surface area contributed by atoms with Gasteiger partial charge in [-0.05, 0) is 86.0 Å². The lowest BCUT2D eigenvalue weighted by Gasteiger charge is -2.53. The van der Waals surface area contributed by atoms with E-state index in [1.54, 1.807) is 5.56 Å². The van der Waals surface area contributed by atoms with Crippen LogP contribution in [0.1, 0.15) is 82.3 Å². The molecule has 0 bridgehead atoms. The largest absolute Gasteiger partial charge is 0.494 e. The molecule has 0 saturated heterocycles. The molecule has 2 heteroatoms. The molecule has 4 atom stereocenters. The summed E-state index contributed by atoms with van der Waals surface area (Å²) in [6.07, 6.45) is 10.2. The lowest BCUT2D eigenvalue weighted by atomic mass is 9.50. The van der Waals surface area contributed by atoms with E-state index < -0.39 is 0 Å². The molecule has 0 N–H and O–H groups in total. The van der Waals surface area contributed by atoms with Crippen LogP contribution in [0.2, 0.25) is 0 Å². The van der Waals surface area contributed by atoms with E-state index in [1.165, 1.54) is 31.2 Å². The third-order valence-electron chi connectivity index (χ3n) is 7.41. The first-order chi connectivity index (χ1) is 12.1. The summed E-state index contributed by atoms with van der Waals surface area (Å²) in [4.78, 5) is 12.6. The zero-order chi connectivity index (χ0) is 17.4. The lowest BCUT2D eigenvalue weighted by Crippen LogP contribution is -2.49. The molecule has 0 radical (unpaired) electrons. The molecule has 4 unspecified atom stereocenters. The van der Waals surface area contributed by atoms with Gasteiger partial charge in [0.1, 0.15) is 11.5 Å². The fourth-order valence-electron chi connectivity index (χ4n) is 5.95. The summed E-state index contributed by atoms with van der Waals surface area (Å²) in [5, 5.41) is 0. The van der Waals surface area contributed by atoms with Crippen LogP contribution in [-0.2, 0) is 11.2 Å². The van der Waals surface area contributed by atoms with E-state index in [1.807, 2.05) is 0 Å². The minimum absolute atomic E-state index is 0.0277. The standard InChI is InChI=1S/C23H32O2/c1-3-4-14-25-17-9-11-18-16(15-17)8-10-20-19(18)12-13-23(2)21(20)6-5-7-22(23)24/h9,11,15,19-21H,3-8,10,12-14H2,1-2H3. The van der Waals surface area contributed by atoms with Crippen molar-refractivity contribution in [2.75, 3.05) is 6.61 Å². The number of ether oxygens (including phenoxy) is 1. The van der Waals surface area contributed by atoms with Gasteiger partial charge in [-0.1, -0.05) is 26.3 Å². The molecule has 2 nitrogen and oxygen atoms in total. The number of aryl methyl sites for hydroxylation is 1. The number of Topliss-reactive ketones (excluding diaryl/α,β-unsaturated/α-hetero) is 1. The quantitative estimate of drug-likeness (QED) is 0.659. The molecule has 4 rings (SSSR count). The van der Waals surface area contributed by atoms with Gasteiger partial charge in [0.05, 0.1) is 6.61 Å². The van der Waals surface area contributed by atoms with Crippen molar-refractivity contribution < 1.29 is 9.53 Å². The topological polar surface area (TPSA) is 26.3 Å². The number of carbonyl (C=O) groups is 1. The number of benzene rings is 1. The predicted octanol–water partition coefficient (Wildman–Crippen LogP) is 5.68. The molecule has 2 fully saturated rings. The summed E-state index contributed by atoms with van der Waals surface area (Å²) >= 11 is 0. The molecular weight excluding hydrogens is 308 g/mol.